The fourth-order valence-corrected chi connectivity index (χ4v) is 10.5. The average molecular weight is 601 g/mol. The van der Waals surface area contributed by atoms with E-state index in [9.17, 15) is 0 Å². The first-order valence-corrected chi connectivity index (χ1v) is 16.6. The van der Waals surface area contributed by atoms with E-state index >= 15 is 4.79 Å². The summed E-state index contributed by atoms with van der Waals surface area (Å²) in [7, 11) is 0. The normalized spacial score (nSPS) is 32.8. The Labute approximate surface area is 269 Å². The molecule has 2 spiro atoms. The SMILES string of the molecule is Cc1ccc(/C=C2\CN3C[C@@]4(C2=O)[C@@H](c2ccc(C)cc2)[C@H](Cc2ccccc2)N2CO[C@@]35c3cccc6cccc(c36)[C@@]245)cc1. The number of nitrogens with zero attached hydrogens (tertiary/aromatic N) is 2. The van der Waals surface area contributed by atoms with Crippen LogP contribution in [-0.4, -0.2) is 41.4 Å². The number of rotatable bonds is 4. The minimum Gasteiger partial charge on any atom is -0.338 e. The van der Waals surface area contributed by atoms with Gasteiger partial charge in [0.05, 0.1) is 5.41 Å². The van der Waals surface area contributed by atoms with Crippen molar-refractivity contribution in [2.45, 2.75) is 43.5 Å². The van der Waals surface area contributed by atoms with Crippen LogP contribution in [0.25, 0.3) is 16.8 Å². The summed E-state index contributed by atoms with van der Waals surface area (Å²) in [6, 6.07) is 41.9. The van der Waals surface area contributed by atoms with Gasteiger partial charge in [-0.05, 0) is 59.4 Å². The first-order valence-electron chi connectivity index (χ1n) is 16.6. The maximum absolute atomic E-state index is 15.9. The number of carbonyl (C=O) groups is 1. The molecule has 4 fully saturated rings. The minimum absolute atomic E-state index is 0.0274. The van der Waals surface area contributed by atoms with Crippen LogP contribution in [0.5, 0.6) is 0 Å². The van der Waals surface area contributed by atoms with Gasteiger partial charge in [0.2, 0.25) is 0 Å². The second kappa shape index (κ2) is 9.13. The number of Topliss-reactive ketones (excluding diaryl/α,β-unsaturated/α-hetero) is 1. The van der Waals surface area contributed by atoms with Crippen LogP contribution in [0, 0.1) is 19.3 Å². The van der Waals surface area contributed by atoms with Gasteiger partial charge in [0.1, 0.15) is 12.3 Å². The number of hydrogen-bond donors (Lipinski definition) is 0. The number of fused-ring (bicyclic) bond motifs is 1. The van der Waals surface area contributed by atoms with Gasteiger partial charge in [0, 0.05) is 36.2 Å². The van der Waals surface area contributed by atoms with Crippen LogP contribution in [0.2, 0.25) is 0 Å². The molecule has 10 rings (SSSR count). The molecule has 4 heterocycles. The Morgan fingerprint density at radius 2 is 1.50 bits per heavy atom. The van der Waals surface area contributed by atoms with Crippen LogP contribution in [0.15, 0.2) is 121 Å². The first-order chi connectivity index (χ1) is 22.5. The van der Waals surface area contributed by atoms with Gasteiger partial charge in [-0.3, -0.25) is 14.6 Å². The van der Waals surface area contributed by atoms with Crippen molar-refractivity contribution in [2.75, 3.05) is 19.8 Å². The van der Waals surface area contributed by atoms with E-state index in [1.807, 2.05) is 0 Å². The van der Waals surface area contributed by atoms with Crippen molar-refractivity contribution in [3.8, 4) is 0 Å². The molecule has 5 aromatic rings. The molecule has 2 bridgehead atoms. The number of benzene rings is 5. The molecule has 4 nitrogen and oxygen atoms in total. The molecule has 4 saturated heterocycles. The standard InChI is InChI=1S/C42H36N2O2/c1-27-14-18-30(19-15-27)22-33-24-43-25-40(39(33)45)38(32-20-16-28(2)17-21-32)36(23-29-8-4-3-5-9-29)44-26-46-42(43)35-13-7-11-31-10-6-12-34(37(31)35)41(40,42)44/h3-22,36,38H,23-26H2,1-2H3/b33-22+/t36-,38-,40-,41+,42+/m0/s1. The Morgan fingerprint density at radius 3 is 2.24 bits per heavy atom. The summed E-state index contributed by atoms with van der Waals surface area (Å²) in [5.74, 6) is 0.257. The molecule has 4 aliphatic heterocycles. The zero-order valence-corrected chi connectivity index (χ0v) is 26.2. The highest BCUT2D eigenvalue weighted by atomic mass is 16.6. The van der Waals surface area contributed by atoms with Crippen molar-refractivity contribution in [1.82, 2.24) is 9.80 Å². The third kappa shape index (κ3) is 2.99. The number of ketones is 1. The van der Waals surface area contributed by atoms with Crippen molar-refractivity contribution in [3.05, 3.63) is 160 Å². The van der Waals surface area contributed by atoms with Crippen molar-refractivity contribution < 1.29 is 9.53 Å². The molecule has 0 saturated carbocycles. The van der Waals surface area contributed by atoms with Crippen LogP contribution in [-0.2, 0) is 27.2 Å². The molecule has 226 valence electrons. The van der Waals surface area contributed by atoms with Gasteiger partial charge >= 0.3 is 0 Å². The second-order valence-corrected chi connectivity index (χ2v) is 14.2. The Balaban J connectivity index is 1.30. The zero-order chi connectivity index (χ0) is 30.8. The summed E-state index contributed by atoms with van der Waals surface area (Å²) in [5, 5.41) is 2.49. The molecule has 5 aliphatic rings. The van der Waals surface area contributed by atoms with E-state index in [1.54, 1.807) is 0 Å². The van der Waals surface area contributed by atoms with Gasteiger partial charge in [-0.25, -0.2) is 0 Å². The Kier molecular flexibility index (Phi) is 5.33. The van der Waals surface area contributed by atoms with Gasteiger partial charge < -0.3 is 4.74 Å². The number of ether oxygens (including phenoxy) is 1. The van der Waals surface area contributed by atoms with Crippen molar-refractivity contribution in [2.24, 2.45) is 5.41 Å². The molecule has 0 aromatic heterocycles. The van der Waals surface area contributed by atoms with Crippen LogP contribution in [0.1, 0.15) is 44.9 Å². The lowest BCUT2D eigenvalue weighted by molar-refractivity contribution is -0.131. The third-order valence-electron chi connectivity index (χ3n) is 12.0. The van der Waals surface area contributed by atoms with Crippen LogP contribution in [0.3, 0.4) is 0 Å². The molecule has 6 atom stereocenters. The van der Waals surface area contributed by atoms with Crippen LogP contribution >= 0.6 is 0 Å². The molecule has 1 unspecified atom stereocenters. The molecule has 5 aromatic carbocycles. The summed E-state index contributed by atoms with van der Waals surface area (Å²) >= 11 is 0. The van der Waals surface area contributed by atoms with Crippen LogP contribution < -0.4 is 0 Å². The molecule has 0 N–H and O–H groups in total. The number of carbonyl (C=O) groups excluding carboxylic acids is 1. The Hall–Kier alpha value is -4.35. The monoisotopic (exact) mass is 600 g/mol. The lowest BCUT2D eigenvalue weighted by Gasteiger charge is -2.44. The van der Waals surface area contributed by atoms with E-state index in [1.165, 1.54) is 44.2 Å². The van der Waals surface area contributed by atoms with Gasteiger partial charge in [-0.2, -0.15) is 0 Å². The van der Waals surface area contributed by atoms with E-state index in [0.29, 0.717) is 19.8 Å². The maximum atomic E-state index is 15.9. The van der Waals surface area contributed by atoms with E-state index in [2.05, 4.69) is 145 Å². The van der Waals surface area contributed by atoms with Gasteiger partial charge in [-0.1, -0.05) is 126 Å². The largest absolute Gasteiger partial charge is 0.338 e. The Bertz CT molecular complexity index is 2100. The topological polar surface area (TPSA) is 32.8 Å². The van der Waals surface area contributed by atoms with E-state index in [4.69, 9.17) is 4.74 Å². The van der Waals surface area contributed by atoms with Crippen LogP contribution in [0.4, 0.5) is 0 Å². The van der Waals surface area contributed by atoms with E-state index in [0.717, 1.165) is 17.6 Å². The lowest BCUT2D eigenvalue weighted by Crippen LogP contribution is -2.56. The summed E-state index contributed by atoms with van der Waals surface area (Å²) in [6.45, 7) is 5.98. The number of hydrogen-bond acceptors (Lipinski definition) is 4. The van der Waals surface area contributed by atoms with Gasteiger partial charge in [0.25, 0.3) is 0 Å². The highest BCUT2D eigenvalue weighted by Gasteiger charge is 2.90. The molecule has 0 amide bonds. The summed E-state index contributed by atoms with van der Waals surface area (Å²) < 4.78 is 7.30. The highest BCUT2D eigenvalue weighted by Crippen LogP contribution is 2.80. The smallest absolute Gasteiger partial charge is 0.174 e. The van der Waals surface area contributed by atoms with Crippen molar-refractivity contribution >= 4 is 22.6 Å². The molecule has 46 heavy (non-hydrogen) atoms. The van der Waals surface area contributed by atoms with E-state index < -0.39 is 16.7 Å². The Morgan fingerprint density at radius 1 is 0.804 bits per heavy atom. The van der Waals surface area contributed by atoms with Crippen molar-refractivity contribution in [1.29, 1.82) is 0 Å². The average Bonchev–Trinajstić information content (AvgIpc) is 3.71. The first kappa shape index (κ1) is 26.8. The molecular weight excluding hydrogens is 564 g/mol. The van der Waals surface area contributed by atoms with Crippen molar-refractivity contribution in [3.63, 3.8) is 0 Å². The van der Waals surface area contributed by atoms with E-state index in [-0.39, 0.29) is 17.7 Å². The predicted octanol–water partition coefficient (Wildman–Crippen LogP) is 7.49. The molecule has 4 heteroatoms. The van der Waals surface area contributed by atoms with Gasteiger partial charge in [-0.15, -0.1) is 0 Å². The summed E-state index contributed by atoms with van der Waals surface area (Å²) in [4.78, 5) is 21.0. The second-order valence-electron chi connectivity index (χ2n) is 14.2. The highest BCUT2D eigenvalue weighted by molar-refractivity contribution is 6.10. The molecule has 0 radical (unpaired) electrons. The predicted molar refractivity (Wildman–Crippen MR) is 181 cm³/mol. The number of aryl methyl sites for hydroxylation is 2. The summed E-state index contributed by atoms with van der Waals surface area (Å²) in [5.41, 5.74) is 7.28. The fraction of sp³-hybridized carbons (Fsp3) is 0.262. The zero-order valence-electron chi connectivity index (χ0n) is 26.2. The lowest BCUT2D eigenvalue weighted by atomic mass is 9.57. The molecule has 1 aliphatic carbocycles. The maximum Gasteiger partial charge on any atom is 0.174 e. The quantitative estimate of drug-likeness (QED) is 0.200. The minimum atomic E-state index is -0.750. The number of piperidine rings is 1. The summed E-state index contributed by atoms with van der Waals surface area (Å²) in [6.07, 6.45) is 3.01. The van der Waals surface area contributed by atoms with Gasteiger partial charge in [0.15, 0.2) is 11.5 Å². The fourth-order valence-electron chi connectivity index (χ4n) is 10.5. The molecular formula is C42H36N2O2. The third-order valence-corrected chi connectivity index (χ3v) is 12.0.